The highest BCUT2D eigenvalue weighted by Gasteiger charge is 2.11. The van der Waals surface area contributed by atoms with E-state index in [9.17, 15) is 0 Å². The van der Waals surface area contributed by atoms with E-state index >= 15 is 0 Å². The van der Waals surface area contributed by atoms with Crippen LogP contribution in [-0.4, -0.2) is 25.1 Å². The fraction of sp³-hybridized carbons (Fsp3) is 0.600. The molecule has 0 aliphatic heterocycles. The molecule has 5 heteroatoms. The minimum atomic E-state index is 0.129. The summed E-state index contributed by atoms with van der Waals surface area (Å²) in [6.45, 7) is 10.4. The summed E-state index contributed by atoms with van der Waals surface area (Å²) in [5, 5.41) is 12.3. The van der Waals surface area contributed by atoms with Crippen LogP contribution in [0.2, 0.25) is 0 Å². The maximum absolute atomic E-state index is 4.58. The molecule has 0 atom stereocenters. The SMILES string of the molecule is Cc1nn(CCc2cnn(C)c2)cc1CNC(C)(C)C. The van der Waals surface area contributed by atoms with E-state index in [1.807, 2.05) is 22.6 Å². The lowest BCUT2D eigenvalue weighted by Crippen LogP contribution is -2.35. The summed E-state index contributed by atoms with van der Waals surface area (Å²) in [5.74, 6) is 0. The van der Waals surface area contributed by atoms with Crippen LogP contribution in [0.25, 0.3) is 0 Å². The molecular weight excluding hydrogens is 250 g/mol. The third-order valence-corrected chi connectivity index (χ3v) is 3.25. The van der Waals surface area contributed by atoms with Crippen molar-refractivity contribution in [1.82, 2.24) is 24.9 Å². The van der Waals surface area contributed by atoms with E-state index in [-0.39, 0.29) is 5.54 Å². The Labute approximate surface area is 121 Å². The molecule has 2 heterocycles. The number of nitrogens with one attached hydrogen (secondary N) is 1. The predicted octanol–water partition coefficient (Wildman–Crippen LogP) is 2.06. The van der Waals surface area contributed by atoms with E-state index in [1.54, 1.807) is 0 Å². The van der Waals surface area contributed by atoms with E-state index in [0.717, 1.165) is 25.2 Å². The van der Waals surface area contributed by atoms with E-state index < -0.39 is 0 Å². The van der Waals surface area contributed by atoms with Gasteiger partial charge in [0.2, 0.25) is 0 Å². The second kappa shape index (κ2) is 5.79. The molecule has 0 aliphatic rings. The number of aryl methyl sites for hydroxylation is 4. The van der Waals surface area contributed by atoms with Gasteiger partial charge in [-0.15, -0.1) is 0 Å². The van der Waals surface area contributed by atoms with Crippen LogP contribution in [0.5, 0.6) is 0 Å². The maximum atomic E-state index is 4.58. The summed E-state index contributed by atoms with van der Waals surface area (Å²) in [6.07, 6.45) is 7.07. The van der Waals surface area contributed by atoms with Crippen LogP contribution in [0, 0.1) is 6.92 Å². The third kappa shape index (κ3) is 4.20. The molecule has 2 rings (SSSR count). The maximum Gasteiger partial charge on any atom is 0.0638 e. The molecule has 0 spiro atoms. The Hall–Kier alpha value is -1.62. The van der Waals surface area contributed by atoms with Gasteiger partial charge < -0.3 is 5.32 Å². The van der Waals surface area contributed by atoms with Crippen LogP contribution >= 0.6 is 0 Å². The van der Waals surface area contributed by atoms with Crippen molar-refractivity contribution in [3.05, 3.63) is 35.4 Å². The van der Waals surface area contributed by atoms with Crippen LogP contribution in [0.3, 0.4) is 0 Å². The van der Waals surface area contributed by atoms with Gasteiger partial charge in [-0.2, -0.15) is 10.2 Å². The number of rotatable bonds is 5. The molecule has 110 valence electrons. The van der Waals surface area contributed by atoms with Crippen molar-refractivity contribution in [2.45, 2.75) is 52.7 Å². The first-order chi connectivity index (χ1) is 9.33. The van der Waals surface area contributed by atoms with E-state index in [1.165, 1.54) is 11.1 Å². The zero-order valence-corrected chi connectivity index (χ0v) is 13.1. The highest BCUT2D eigenvalue weighted by atomic mass is 15.3. The van der Waals surface area contributed by atoms with Crippen LogP contribution in [0.15, 0.2) is 18.6 Å². The average Bonchev–Trinajstić information content (AvgIpc) is 2.90. The number of nitrogens with zero attached hydrogens (tertiary/aromatic N) is 4. The molecular formula is C15H25N5. The Kier molecular flexibility index (Phi) is 4.28. The lowest BCUT2D eigenvalue weighted by atomic mass is 10.1. The molecule has 1 N–H and O–H groups in total. The van der Waals surface area contributed by atoms with Gasteiger partial charge in [-0.3, -0.25) is 9.36 Å². The summed E-state index contributed by atoms with van der Waals surface area (Å²) in [5.41, 5.74) is 3.75. The Morgan fingerprint density at radius 1 is 1.25 bits per heavy atom. The second-order valence-electron chi connectivity index (χ2n) is 6.38. The fourth-order valence-corrected chi connectivity index (χ4v) is 2.05. The van der Waals surface area contributed by atoms with Crippen LogP contribution < -0.4 is 5.32 Å². The van der Waals surface area contributed by atoms with Crippen molar-refractivity contribution in [3.63, 3.8) is 0 Å². The fourth-order valence-electron chi connectivity index (χ4n) is 2.05. The molecule has 0 bridgehead atoms. The average molecular weight is 275 g/mol. The van der Waals surface area contributed by atoms with E-state index in [0.29, 0.717) is 0 Å². The molecule has 0 unspecified atom stereocenters. The van der Waals surface area contributed by atoms with Gasteiger partial charge in [0.1, 0.15) is 0 Å². The Balaban J connectivity index is 1.93. The molecule has 0 saturated heterocycles. The predicted molar refractivity (Wildman–Crippen MR) is 80.5 cm³/mol. The highest BCUT2D eigenvalue weighted by molar-refractivity contribution is 5.15. The normalized spacial score (nSPS) is 12.1. The monoisotopic (exact) mass is 275 g/mol. The van der Waals surface area contributed by atoms with Gasteiger partial charge in [-0.25, -0.2) is 0 Å². The van der Waals surface area contributed by atoms with Crippen molar-refractivity contribution in [1.29, 1.82) is 0 Å². The van der Waals surface area contributed by atoms with Crippen molar-refractivity contribution in [2.75, 3.05) is 0 Å². The lowest BCUT2D eigenvalue weighted by Gasteiger charge is -2.20. The topological polar surface area (TPSA) is 47.7 Å². The molecule has 0 aliphatic carbocycles. The van der Waals surface area contributed by atoms with Gasteiger partial charge in [0.25, 0.3) is 0 Å². The zero-order chi connectivity index (χ0) is 14.8. The van der Waals surface area contributed by atoms with Crippen molar-refractivity contribution in [2.24, 2.45) is 7.05 Å². The summed E-state index contributed by atoms with van der Waals surface area (Å²) >= 11 is 0. The van der Waals surface area contributed by atoms with Crippen molar-refractivity contribution in [3.8, 4) is 0 Å². The van der Waals surface area contributed by atoms with Crippen molar-refractivity contribution < 1.29 is 0 Å². The van der Waals surface area contributed by atoms with Gasteiger partial charge in [-0.1, -0.05) is 0 Å². The minimum Gasteiger partial charge on any atom is -0.308 e. The highest BCUT2D eigenvalue weighted by Crippen LogP contribution is 2.09. The summed E-state index contributed by atoms with van der Waals surface area (Å²) in [7, 11) is 1.94. The smallest absolute Gasteiger partial charge is 0.0638 e. The first-order valence-corrected chi connectivity index (χ1v) is 7.09. The number of aromatic nitrogens is 4. The third-order valence-electron chi connectivity index (χ3n) is 3.25. The molecule has 0 radical (unpaired) electrons. The number of hydrogen-bond donors (Lipinski definition) is 1. The van der Waals surface area contributed by atoms with E-state index in [4.69, 9.17) is 0 Å². The molecule has 20 heavy (non-hydrogen) atoms. The van der Waals surface area contributed by atoms with Crippen molar-refractivity contribution >= 4 is 0 Å². The quantitative estimate of drug-likeness (QED) is 0.908. The largest absolute Gasteiger partial charge is 0.308 e. The van der Waals surface area contributed by atoms with Crippen LogP contribution in [-0.2, 0) is 26.6 Å². The molecule has 0 aromatic carbocycles. The zero-order valence-electron chi connectivity index (χ0n) is 13.1. The summed E-state index contributed by atoms with van der Waals surface area (Å²) < 4.78 is 3.87. The summed E-state index contributed by atoms with van der Waals surface area (Å²) in [4.78, 5) is 0. The molecule has 0 saturated carbocycles. The first-order valence-electron chi connectivity index (χ1n) is 7.09. The van der Waals surface area contributed by atoms with E-state index in [2.05, 4.69) is 55.6 Å². The van der Waals surface area contributed by atoms with Crippen LogP contribution in [0.4, 0.5) is 0 Å². The first kappa shape index (κ1) is 14.8. The molecule has 5 nitrogen and oxygen atoms in total. The molecule has 0 fully saturated rings. The van der Waals surface area contributed by atoms with Crippen LogP contribution in [0.1, 0.15) is 37.6 Å². The standard InChI is InChI=1S/C15H25N5/c1-12-14(9-16-15(2,3)4)11-20(18-12)7-6-13-8-17-19(5)10-13/h8,10-11,16H,6-7,9H2,1-5H3. The van der Waals surface area contributed by atoms with Gasteiger partial charge in [0.15, 0.2) is 0 Å². The molecule has 2 aromatic rings. The van der Waals surface area contributed by atoms with Gasteiger partial charge in [0, 0.05) is 43.6 Å². The van der Waals surface area contributed by atoms with Gasteiger partial charge in [0.05, 0.1) is 11.9 Å². The second-order valence-corrected chi connectivity index (χ2v) is 6.38. The Bertz CT molecular complexity index is 559. The lowest BCUT2D eigenvalue weighted by molar-refractivity contribution is 0.423. The molecule has 0 amide bonds. The molecule has 2 aromatic heterocycles. The Morgan fingerprint density at radius 2 is 2.00 bits per heavy atom. The minimum absolute atomic E-state index is 0.129. The van der Waals surface area contributed by atoms with Gasteiger partial charge >= 0.3 is 0 Å². The number of hydrogen-bond acceptors (Lipinski definition) is 3. The van der Waals surface area contributed by atoms with Gasteiger partial charge in [-0.05, 0) is 39.7 Å². The Morgan fingerprint density at radius 3 is 2.60 bits per heavy atom. The summed E-state index contributed by atoms with van der Waals surface area (Å²) in [6, 6.07) is 0.